The number of hydrogen-bond donors (Lipinski definition) is 2. The summed E-state index contributed by atoms with van der Waals surface area (Å²) < 4.78 is 0. The van der Waals surface area contributed by atoms with Gasteiger partial charge in [0.1, 0.15) is 0 Å². The maximum absolute atomic E-state index is 5.90. The molecule has 0 unspecified atom stereocenters. The van der Waals surface area contributed by atoms with Crippen LogP contribution in [0.3, 0.4) is 0 Å². The Morgan fingerprint density at radius 1 is 0.576 bits per heavy atom. The average molecular weight is 435 g/mol. The molecule has 0 radical (unpaired) electrons. The second kappa shape index (κ2) is 9.95. The highest BCUT2D eigenvalue weighted by Gasteiger charge is 2.13. The van der Waals surface area contributed by atoms with Crippen LogP contribution < -0.4 is 11.5 Å². The van der Waals surface area contributed by atoms with Gasteiger partial charge in [-0.1, -0.05) is 67.6 Å². The molecule has 0 aliphatic heterocycles. The van der Waals surface area contributed by atoms with Crippen LogP contribution in [0.5, 0.6) is 0 Å². The zero-order valence-corrected chi connectivity index (χ0v) is 19.9. The normalized spacial score (nSPS) is 11.2. The van der Waals surface area contributed by atoms with Gasteiger partial charge in [-0.25, -0.2) is 0 Å². The standard InChI is InChI=1S/C31H34N2/c1-4-31(25-9-5-23(6-10-25)19-27-13-15-29(32)17-21(27)2)26-11-7-24(8-12-26)20-28-14-16-30(33)18-22(28)3/h5-18,31H,4,19-20,32-33H2,1-3H3. The maximum Gasteiger partial charge on any atom is 0.0316 e. The third-order valence-corrected chi connectivity index (χ3v) is 6.69. The van der Waals surface area contributed by atoms with E-state index in [9.17, 15) is 0 Å². The van der Waals surface area contributed by atoms with Crippen molar-refractivity contribution < 1.29 is 0 Å². The molecule has 0 amide bonds. The summed E-state index contributed by atoms with van der Waals surface area (Å²) in [5.41, 5.74) is 24.0. The van der Waals surface area contributed by atoms with Crippen LogP contribution in [0, 0.1) is 13.8 Å². The molecule has 0 aromatic heterocycles. The van der Waals surface area contributed by atoms with Gasteiger partial charge in [0.15, 0.2) is 0 Å². The van der Waals surface area contributed by atoms with Gasteiger partial charge in [0.25, 0.3) is 0 Å². The van der Waals surface area contributed by atoms with E-state index >= 15 is 0 Å². The molecule has 0 atom stereocenters. The number of nitrogen functional groups attached to an aromatic ring is 2. The summed E-state index contributed by atoms with van der Waals surface area (Å²) in [6.07, 6.45) is 2.94. The van der Waals surface area contributed by atoms with Crippen molar-refractivity contribution in [3.05, 3.63) is 129 Å². The molecule has 0 saturated carbocycles. The zero-order valence-electron chi connectivity index (χ0n) is 19.9. The van der Waals surface area contributed by atoms with Gasteiger partial charge < -0.3 is 11.5 Å². The Labute approximate surface area is 198 Å². The molecule has 2 nitrogen and oxygen atoms in total. The predicted molar refractivity (Wildman–Crippen MR) is 142 cm³/mol. The van der Waals surface area contributed by atoms with Crippen molar-refractivity contribution in [2.45, 2.75) is 46.0 Å². The van der Waals surface area contributed by atoms with Gasteiger partial charge in [0.05, 0.1) is 0 Å². The first-order valence-corrected chi connectivity index (χ1v) is 11.8. The molecule has 0 fully saturated rings. The fourth-order valence-corrected chi connectivity index (χ4v) is 4.67. The van der Waals surface area contributed by atoms with Crippen LogP contribution in [0.25, 0.3) is 0 Å². The molecule has 0 aliphatic rings. The molecule has 0 spiro atoms. The third-order valence-electron chi connectivity index (χ3n) is 6.69. The summed E-state index contributed by atoms with van der Waals surface area (Å²) >= 11 is 0. The lowest BCUT2D eigenvalue weighted by Crippen LogP contribution is -2.01. The van der Waals surface area contributed by atoms with Crippen molar-refractivity contribution in [1.29, 1.82) is 0 Å². The van der Waals surface area contributed by atoms with Crippen molar-refractivity contribution in [2.24, 2.45) is 0 Å². The Balaban J connectivity index is 1.47. The van der Waals surface area contributed by atoms with Crippen LogP contribution in [0.2, 0.25) is 0 Å². The van der Waals surface area contributed by atoms with Crippen LogP contribution in [-0.2, 0) is 12.8 Å². The molecule has 0 saturated heterocycles. The van der Waals surface area contributed by atoms with E-state index in [4.69, 9.17) is 11.5 Å². The molecule has 0 bridgehead atoms. The summed E-state index contributed by atoms with van der Waals surface area (Å²) in [6, 6.07) is 30.6. The highest BCUT2D eigenvalue weighted by molar-refractivity contribution is 5.47. The van der Waals surface area contributed by atoms with Crippen molar-refractivity contribution in [1.82, 2.24) is 0 Å². The van der Waals surface area contributed by atoms with E-state index in [1.165, 1.54) is 44.5 Å². The summed E-state index contributed by atoms with van der Waals surface area (Å²) in [5.74, 6) is 0.407. The quantitative estimate of drug-likeness (QED) is 0.302. The lowest BCUT2D eigenvalue weighted by atomic mass is 9.87. The SMILES string of the molecule is CCC(c1ccc(Cc2ccc(N)cc2C)cc1)c1ccc(Cc2ccc(N)cc2C)cc1. The number of benzene rings is 4. The highest BCUT2D eigenvalue weighted by Crippen LogP contribution is 2.29. The number of anilines is 2. The molecule has 4 aromatic carbocycles. The van der Waals surface area contributed by atoms with E-state index in [1.807, 2.05) is 12.1 Å². The number of nitrogens with two attached hydrogens (primary N) is 2. The second-order valence-electron chi connectivity index (χ2n) is 9.17. The largest absolute Gasteiger partial charge is 0.399 e. The Bertz CT molecular complexity index is 1120. The van der Waals surface area contributed by atoms with E-state index in [1.54, 1.807) is 0 Å². The fraction of sp³-hybridized carbons (Fsp3) is 0.226. The van der Waals surface area contributed by atoms with Crippen molar-refractivity contribution in [3.8, 4) is 0 Å². The Morgan fingerprint density at radius 2 is 0.970 bits per heavy atom. The van der Waals surface area contributed by atoms with Crippen LogP contribution in [-0.4, -0.2) is 0 Å². The monoisotopic (exact) mass is 434 g/mol. The maximum atomic E-state index is 5.90. The molecule has 0 heterocycles. The van der Waals surface area contributed by atoms with E-state index < -0.39 is 0 Å². The van der Waals surface area contributed by atoms with Crippen molar-refractivity contribution in [2.75, 3.05) is 11.5 Å². The first-order chi connectivity index (χ1) is 15.9. The summed E-state index contributed by atoms with van der Waals surface area (Å²) in [6.45, 7) is 6.53. The lowest BCUT2D eigenvalue weighted by Gasteiger charge is -2.17. The fourth-order valence-electron chi connectivity index (χ4n) is 4.67. The Kier molecular flexibility index (Phi) is 6.84. The summed E-state index contributed by atoms with van der Waals surface area (Å²) in [5, 5.41) is 0. The minimum Gasteiger partial charge on any atom is -0.399 e. The first-order valence-electron chi connectivity index (χ1n) is 11.8. The van der Waals surface area contributed by atoms with Crippen LogP contribution in [0.4, 0.5) is 11.4 Å². The molecule has 0 aliphatic carbocycles. The number of rotatable bonds is 7. The molecule has 4 rings (SSSR count). The van der Waals surface area contributed by atoms with Gasteiger partial charge in [-0.15, -0.1) is 0 Å². The van der Waals surface area contributed by atoms with E-state index in [-0.39, 0.29) is 0 Å². The topological polar surface area (TPSA) is 52.0 Å². The molecular formula is C31H34N2. The van der Waals surface area contributed by atoms with E-state index in [2.05, 4.69) is 93.6 Å². The molecule has 4 N–H and O–H groups in total. The van der Waals surface area contributed by atoms with Crippen LogP contribution in [0.1, 0.15) is 63.8 Å². The van der Waals surface area contributed by atoms with Crippen LogP contribution in [0.15, 0.2) is 84.9 Å². The Hall–Kier alpha value is -3.52. The van der Waals surface area contributed by atoms with Gasteiger partial charge in [-0.3, -0.25) is 0 Å². The number of hydrogen-bond acceptors (Lipinski definition) is 2. The Morgan fingerprint density at radius 3 is 1.30 bits per heavy atom. The van der Waals surface area contributed by atoms with E-state index in [0.717, 1.165) is 30.6 Å². The average Bonchev–Trinajstić information content (AvgIpc) is 2.80. The predicted octanol–water partition coefficient (Wildman–Crippen LogP) is 7.19. The van der Waals surface area contributed by atoms with Gasteiger partial charge in [-0.05, 0) is 102 Å². The van der Waals surface area contributed by atoms with Gasteiger partial charge in [-0.2, -0.15) is 0 Å². The minimum absolute atomic E-state index is 0.407. The van der Waals surface area contributed by atoms with E-state index in [0.29, 0.717) is 5.92 Å². The molecular weight excluding hydrogens is 400 g/mol. The third kappa shape index (κ3) is 5.46. The van der Waals surface area contributed by atoms with Gasteiger partial charge >= 0.3 is 0 Å². The zero-order chi connectivity index (χ0) is 23.4. The highest BCUT2D eigenvalue weighted by atomic mass is 14.5. The van der Waals surface area contributed by atoms with Crippen molar-refractivity contribution in [3.63, 3.8) is 0 Å². The van der Waals surface area contributed by atoms with Gasteiger partial charge in [0, 0.05) is 17.3 Å². The summed E-state index contributed by atoms with van der Waals surface area (Å²) in [7, 11) is 0. The first kappa shape index (κ1) is 22.7. The van der Waals surface area contributed by atoms with Gasteiger partial charge in [0.2, 0.25) is 0 Å². The van der Waals surface area contributed by atoms with Crippen molar-refractivity contribution >= 4 is 11.4 Å². The number of aryl methyl sites for hydroxylation is 2. The second-order valence-corrected chi connectivity index (χ2v) is 9.17. The summed E-state index contributed by atoms with van der Waals surface area (Å²) in [4.78, 5) is 0. The van der Waals surface area contributed by atoms with Crippen LogP contribution >= 0.6 is 0 Å². The molecule has 168 valence electrons. The molecule has 4 aromatic rings. The minimum atomic E-state index is 0.407. The molecule has 2 heteroatoms. The molecule has 33 heavy (non-hydrogen) atoms. The lowest BCUT2D eigenvalue weighted by molar-refractivity contribution is 0.776. The smallest absolute Gasteiger partial charge is 0.0316 e.